The molecule has 0 saturated heterocycles. The molecule has 1 aliphatic carbocycles. The summed E-state index contributed by atoms with van der Waals surface area (Å²) in [5.41, 5.74) is 9.32. The summed E-state index contributed by atoms with van der Waals surface area (Å²) in [4.78, 5) is 15.8. The van der Waals surface area contributed by atoms with Gasteiger partial charge in [-0.3, -0.25) is 4.79 Å². The quantitative estimate of drug-likeness (QED) is 0.208. The summed E-state index contributed by atoms with van der Waals surface area (Å²) in [6, 6.07) is 8.92. The normalized spacial score (nSPS) is 12.9. The molecule has 0 radical (unpaired) electrons. The first-order valence-electron chi connectivity index (χ1n) is 8.61. The van der Waals surface area contributed by atoms with Gasteiger partial charge in [-0.1, -0.05) is 5.92 Å². The molecular weight excluding hydrogens is 414 g/mol. The Bertz CT molecular complexity index is 1040. The van der Waals surface area contributed by atoms with Crippen LogP contribution in [0.15, 0.2) is 30.3 Å². The number of rotatable bonds is 6. The average Bonchev–Trinajstić information content (AvgIpc) is 3.45. The lowest BCUT2D eigenvalue weighted by atomic mass is 10.1. The highest BCUT2D eigenvalue weighted by Crippen LogP contribution is 2.47. The molecule has 0 bridgehead atoms. The molecule has 152 valence electrons. The van der Waals surface area contributed by atoms with Crippen molar-refractivity contribution in [1.82, 2.24) is 0 Å². The molecule has 1 aromatic carbocycles. The van der Waals surface area contributed by atoms with Crippen LogP contribution in [-0.2, 0) is 18.4 Å². The van der Waals surface area contributed by atoms with Gasteiger partial charge in [-0.2, -0.15) is 4.79 Å². The van der Waals surface area contributed by atoms with Gasteiger partial charge >= 0.3 is 13.0 Å². The van der Waals surface area contributed by atoms with Crippen LogP contribution in [0.3, 0.4) is 0 Å². The number of carbonyl (C=O) groups excluding carboxylic acids is 1. The number of benzene rings is 1. The summed E-state index contributed by atoms with van der Waals surface area (Å²) in [5, 5.41) is 0. The Hall–Kier alpha value is -2.39. The highest BCUT2D eigenvalue weighted by atomic mass is 32.1. The van der Waals surface area contributed by atoms with Crippen LogP contribution in [0.4, 0.5) is 4.39 Å². The van der Waals surface area contributed by atoms with Crippen LogP contribution >= 0.6 is 18.9 Å². The molecule has 1 saturated carbocycles. The van der Waals surface area contributed by atoms with E-state index in [0.717, 1.165) is 37.5 Å². The van der Waals surface area contributed by atoms with Gasteiger partial charge in [-0.05, 0) is 49.1 Å². The first-order valence-corrected chi connectivity index (χ1v) is 11.0. The zero-order chi connectivity index (χ0) is 21.6. The Labute approximate surface area is 172 Å². The second-order valence-corrected chi connectivity index (χ2v) is 9.42. The minimum absolute atomic E-state index is 0.277. The molecule has 0 N–H and O–H groups in total. The van der Waals surface area contributed by atoms with Crippen molar-refractivity contribution in [3.63, 3.8) is 0 Å². The SMILES string of the molecule is C#Cc1cc(F)ccc1-c1ccc(C2CC2)s1.COP(=O)(OC)C(=[N+]=[N-])C(C)=O. The van der Waals surface area contributed by atoms with E-state index in [1.807, 2.05) is 0 Å². The molecule has 1 aromatic heterocycles. The van der Waals surface area contributed by atoms with Crippen molar-refractivity contribution in [3.8, 4) is 22.8 Å². The number of hydrogen-bond donors (Lipinski definition) is 0. The van der Waals surface area contributed by atoms with Gasteiger partial charge in [-0.15, -0.1) is 17.8 Å². The first-order chi connectivity index (χ1) is 13.8. The van der Waals surface area contributed by atoms with Crippen LogP contribution in [0.5, 0.6) is 0 Å². The second kappa shape index (κ2) is 9.89. The van der Waals surface area contributed by atoms with Crippen LogP contribution in [0.25, 0.3) is 16.0 Å². The number of carbonyl (C=O) groups is 1. The standard InChI is InChI=1S/C15H11FS.C5H9N2O4P/c1-2-10-9-12(16)5-6-13(10)15-8-7-14(17-15)11-3-4-11;1-4(8)5(7-6)12(9,10-2)11-3/h1,5-9,11H,3-4H2;1-3H3. The summed E-state index contributed by atoms with van der Waals surface area (Å²) in [6.45, 7) is 1.10. The smallest absolute Gasteiger partial charge is 0.360 e. The maximum Gasteiger partial charge on any atom is 0.446 e. The van der Waals surface area contributed by atoms with E-state index < -0.39 is 18.8 Å². The Morgan fingerprint density at radius 1 is 1.31 bits per heavy atom. The molecule has 0 amide bonds. The number of ketones is 1. The molecule has 6 nitrogen and oxygen atoms in total. The Morgan fingerprint density at radius 2 is 1.97 bits per heavy atom. The Morgan fingerprint density at radius 3 is 2.41 bits per heavy atom. The number of hydrogen-bond acceptors (Lipinski definition) is 5. The fourth-order valence-electron chi connectivity index (χ4n) is 2.50. The van der Waals surface area contributed by atoms with Gasteiger partial charge in [-0.25, -0.2) is 8.96 Å². The Kier molecular flexibility index (Phi) is 7.80. The number of halogens is 1. The van der Waals surface area contributed by atoms with E-state index in [4.69, 9.17) is 12.0 Å². The van der Waals surface area contributed by atoms with Crippen LogP contribution in [0, 0.1) is 18.2 Å². The lowest BCUT2D eigenvalue weighted by molar-refractivity contribution is -0.114. The van der Waals surface area contributed by atoms with Crippen LogP contribution < -0.4 is 0 Å². The van der Waals surface area contributed by atoms with Crippen LogP contribution in [-0.4, -0.2) is 30.2 Å². The average molecular weight is 434 g/mol. The molecule has 2 aromatic rings. The van der Waals surface area contributed by atoms with Gasteiger partial charge in [0, 0.05) is 42.0 Å². The number of thiophene rings is 1. The van der Waals surface area contributed by atoms with E-state index >= 15 is 0 Å². The number of terminal acetylenes is 1. The van der Waals surface area contributed by atoms with E-state index in [0.29, 0.717) is 5.56 Å². The third-order valence-electron chi connectivity index (χ3n) is 4.16. The van der Waals surface area contributed by atoms with Crippen LogP contribution in [0.2, 0.25) is 0 Å². The van der Waals surface area contributed by atoms with E-state index in [-0.39, 0.29) is 5.82 Å². The van der Waals surface area contributed by atoms with Gasteiger partial charge < -0.3 is 14.6 Å². The van der Waals surface area contributed by atoms with Crippen LogP contribution in [0.1, 0.15) is 36.1 Å². The molecule has 29 heavy (non-hydrogen) atoms. The van der Waals surface area contributed by atoms with Crippen molar-refractivity contribution in [2.75, 3.05) is 14.2 Å². The van der Waals surface area contributed by atoms with Crippen molar-refractivity contribution in [1.29, 1.82) is 0 Å². The lowest BCUT2D eigenvalue weighted by Crippen LogP contribution is -2.13. The summed E-state index contributed by atoms with van der Waals surface area (Å²) >= 11 is 1.77. The molecule has 0 unspecified atom stereocenters. The maximum atomic E-state index is 13.1. The predicted octanol–water partition coefficient (Wildman–Crippen LogP) is 5.10. The van der Waals surface area contributed by atoms with Gasteiger partial charge in [0.15, 0.2) is 0 Å². The molecule has 1 aliphatic rings. The van der Waals surface area contributed by atoms with Crippen molar-refractivity contribution in [2.24, 2.45) is 0 Å². The second-order valence-electron chi connectivity index (χ2n) is 6.15. The molecule has 1 heterocycles. The highest BCUT2D eigenvalue weighted by Gasteiger charge is 2.41. The van der Waals surface area contributed by atoms with Gasteiger partial charge in [0.25, 0.3) is 0 Å². The molecule has 1 fully saturated rings. The lowest BCUT2D eigenvalue weighted by Gasteiger charge is -2.05. The largest absolute Gasteiger partial charge is 0.446 e. The topological polar surface area (TPSA) is 89.0 Å². The first kappa shape index (κ1) is 22.9. The number of nitrogens with zero attached hydrogens (tertiary/aromatic N) is 2. The summed E-state index contributed by atoms with van der Waals surface area (Å²) in [5.74, 6) is 2.37. The molecule has 0 atom stereocenters. The molecule has 0 aliphatic heterocycles. The fourth-order valence-corrected chi connectivity index (χ4v) is 4.71. The Balaban J connectivity index is 0.000000223. The van der Waals surface area contributed by atoms with E-state index in [9.17, 15) is 13.8 Å². The third kappa shape index (κ3) is 5.57. The van der Waals surface area contributed by atoms with Gasteiger partial charge in [0.05, 0.1) is 0 Å². The predicted molar refractivity (Wildman–Crippen MR) is 111 cm³/mol. The molecule has 9 heteroatoms. The van der Waals surface area contributed by atoms with Crippen molar-refractivity contribution < 1.29 is 27.6 Å². The van der Waals surface area contributed by atoms with Crippen molar-refractivity contribution in [2.45, 2.75) is 25.7 Å². The zero-order valence-corrected chi connectivity index (χ0v) is 17.9. The van der Waals surface area contributed by atoms with Gasteiger partial charge in [0.1, 0.15) is 5.82 Å². The van der Waals surface area contributed by atoms with Crippen molar-refractivity contribution in [3.05, 3.63) is 52.1 Å². The van der Waals surface area contributed by atoms with E-state index in [1.54, 1.807) is 17.4 Å². The van der Waals surface area contributed by atoms with E-state index in [1.165, 1.54) is 29.9 Å². The molecular formula is C20H20FN2O4PS. The molecule has 0 spiro atoms. The summed E-state index contributed by atoms with van der Waals surface area (Å²) in [6.07, 6.45) is 8.02. The maximum absolute atomic E-state index is 13.1. The monoisotopic (exact) mass is 434 g/mol. The minimum atomic E-state index is -3.70. The minimum Gasteiger partial charge on any atom is -0.360 e. The highest BCUT2D eigenvalue weighted by molar-refractivity contribution is 7.74. The fraction of sp³-hybridized carbons (Fsp3) is 0.300. The zero-order valence-electron chi connectivity index (χ0n) is 16.2. The van der Waals surface area contributed by atoms with Gasteiger partial charge in [0.2, 0.25) is 5.78 Å². The summed E-state index contributed by atoms with van der Waals surface area (Å²) in [7, 11) is -1.51. The summed E-state index contributed by atoms with van der Waals surface area (Å²) < 4.78 is 33.3. The van der Waals surface area contributed by atoms with Crippen molar-refractivity contribution >= 4 is 30.2 Å². The molecule has 3 rings (SSSR count). The van der Waals surface area contributed by atoms with E-state index in [2.05, 4.69) is 31.9 Å². The third-order valence-corrected chi connectivity index (χ3v) is 7.32. The number of Topliss-reactive ketones (excluding diaryl/α,β-unsaturated/α-hetero) is 1.